The Morgan fingerprint density at radius 1 is 1.42 bits per heavy atom. The number of hydrogen-bond donors (Lipinski definition) is 3. The van der Waals surface area contributed by atoms with Crippen molar-refractivity contribution in [2.45, 2.75) is 19.8 Å². The van der Waals surface area contributed by atoms with Crippen LogP contribution in [0.2, 0.25) is 0 Å². The average molecular weight is 201 g/mol. The van der Waals surface area contributed by atoms with Gasteiger partial charge >= 0.3 is 28.9 Å². The Morgan fingerprint density at radius 3 is 1.92 bits per heavy atom. The molecule has 0 atom stereocenters. The Hall–Kier alpha value is -0.200. The summed E-state index contributed by atoms with van der Waals surface area (Å²) in [6.45, 7) is 3.47. The Kier molecular flexibility index (Phi) is 4.66. The topological polar surface area (TPSA) is 86.8 Å². The molecule has 1 heterocycles. The van der Waals surface area contributed by atoms with Gasteiger partial charge in [0, 0.05) is 19.8 Å². The molecule has 0 aliphatic carbocycles. The van der Waals surface area contributed by atoms with E-state index in [1.54, 1.807) is 5.71 Å². The predicted molar refractivity (Wildman–Crippen MR) is 37.6 cm³/mol. The maximum absolute atomic E-state index is 8.83. The predicted octanol–water partition coefficient (Wildman–Crippen LogP) is -1.98. The molecule has 0 bridgehead atoms. The van der Waals surface area contributed by atoms with E-state index < -0.39 is 10.2 Å². The van der Waals surface area contributed by atoms with Crippen LogP contribution in [0, 0.1) is 10.2 Å². The third kappa shape index (κ3) is 7.90. The van der Waals surface area contributed by atoms with E-state index in [0.29, 0.717) is 0 Å². The van der Waals surface area contributed by atoms with Crippen LogP contribution >= 0.6 is 0 Å². The first-order valence-corrected chi connectivity index (χ1v) is 4.82. The zero-order valence-electron chi connectivity index (χ0n) is 7.20. The van der Waals surface area contributed by atoms with Crippen LogP contribution in [0.3, 0.4) is 0 Å². The molecule has 0 radical (unpaired) electrons. The minimum atomic E-state index is -4.19. The van der Waals surface area contributed by atoms with Crippen LogP contribution in [-0.2, 0) is 0 Å². The van der Waals surface area contributed by atoms with Crippen LogP contribution in [0.5, 0.6) is 0 Å². The van der Waals surface area contributed by atoms with Gasteiger partial charge in [-0.15, -0.1) is 0 Å². The van der Waals surface area contributed by atoms with E-state index in [1.807, 2.05) is 0 Å². The Bertz CT molecular complexity index is 157. The van der Waals surface area contributed by atoms with E-state index in [0.717, 1.165) is 0 Å². The number of rotatable bonds is 0. The van der Waals surface area contributed by atoms with Crippen molar-refractivity contribution in [2.24, 2.45) is 0 Å². The summed E-state index contributed by atoms with van der Waals surface area (Å²) in [5.41, 5.74) is 1.54. The molecule has 1 aliphatic heterocycles. The zero-order valence-corrected chi connectivity index (χ0v) is 7.95. The first kappa shape index (κ1) is 11.8. The van der Waals surface area contributed by atoms with Crippen LogP contribution in [0.1, 0.15) is 19.8 Å². The molecule has 1 aliphatic rings. The van der Waals surface area contributed by atoms with Crippen molar-refractivity contribution in [1.82, 2.24) is 0 Å². The number of nitrogens with zero attached hydrogens (tertiary/aromatic N) is 1. The molecule has 0 spiro atoms. The van der Waals surface area contributed by atoms with Crippen molar-refractivity contribution in [2.75, 3.05) is 13.6 Å². The van der Waals surface area contributed by atoms with E-state index in [9.17, 15) is 0 Å². The molecular formula is C6H15ClNO4+. The first-order valence-electron chi connectivity index (χ1n) is 3.50. The normalized spacial score (nSPS) is 18.8. The van der Waals surface area contributed by atoms with E-state index in [1.165, 1.54) is 19.4 Å². The van der Waals surface area contributed by atoms with Gasteiger partial charge in [0.25, 0.3) is 0 Å². The monoisotopic (exact) mass is 200 g/mol. The zero-order chi connectivity index (χ0) is 9.78. The standard InChI is InChI=1S/C6H12N.ClH3O4/c1-6-4-3-5-7(6)2;2-1(3,4)5/h3-5H2,1-2H3;2-4H/q+1;. The van der Waals surface area contributed by atoms with Gasteiger partial charge < -0.3 is 0 Å². The third-order valence-electron chi connectivity index (χ3n) is 1.68. The van der Waals surface area contributed by atoms with E-state index in [4.69, 9.17) is 18.6 Å². The fourth-order valence-electron chi connectivity index (χ4n) is 0.954. The number of halogens is 1. The molecule has 6 heteroatoms. The molecule has 74 valence electrons. The summed E-state index contributed by atoms with van der Waals surface area (Å²) in [4.78, 5) is 0. The van der Waals surface area contributed by atoms with Crippen molar-refractivity contribution in [3.63, 3.8) is 0 Å². The van der Waals surface area contributed by atoms with Gasteiger partial charge in [0.15, 0.2) is 0 Å². The van der Waals surface area contributed by atoms with E-state index in [2.05, 4.69) is 18.5 Å². The second kappa shape index (κ2) is 4.74. The van der Waals surface area contributed by atoms with Crippen LogP contribution in [0.4, 0.5) is 0 Å². The minimum absolute atomic E-state index is 1.27. The Balaban J connectivity index is 0.000000217. The third-order valence-corrected chi connectivity index (χ3v) is 1.68. The summed E-state index contributed by atoms with van der Waals surface area (Å²) in [5, 5.41) is 0. The summed E-state index contributed by atoms with van der Waals surface area (Å²) in [7, 11) is -2.04. The van der Waals surface area contributed by atoms with Gasteiger partial charge in [-0.05, 0) is 0 Å². The van der Waals surface area contributed by atoms with Crippen LogP contribution in [0.15, 0.2) is 0 Å². The van der Waals surface area contributed by atoms with E-state index in [-0.39, 0.29) is 0 Å². The van der Waals surface area contributed by atoms with Crippen LogP contribution in [0.25, 0.3) is 0 Å². The SMILES string of the molecule is CC1=[N+](C)CCC1.[O-][Cl+](O)(O)O. The van der Waals surface area contributed by atoms with Crippen LogP contribution < -0.4 is 4.66 Å². The second-order valence-electron chi connectivity index (χ2n) is 2.69. The summed E-state index contributed by atoms with van der Waals surface area (Å²) in [6.07, 6.45) is 2.68. The molecule has 0 aromatic carbocycles. The Morgan fingerprint density at radius 2 is 1.83 bits per heavy atom. The van der Waals surface area contributed by atoms with Gasteiger partial charge in [-0.1, -0.05) is 0 Å². The molecule has 5 nitrogen and oxygen atoms in total. The van der Waals surface area contributed by atoms with Crippen molar-refractivity contribution in [3.05, 3.63) is 0 Å². The van der Waals surface area contributed by atoms with E-state index >= 15 is 0 Å². The maximum atomic E-state index is 8.83. The molecule has 0 aromatic heterocycles. The second-order valence-corrected chi connectivity index (χ2v) is 3.56. The van der Waals surface area contributed by atoms with Gasteiger partial charge in [-0.3, -0.25) is 0 Å². The summed E-state index contributed by atoms with van der Waals surface area (Å²) >= 11 is 0. The molecule has 0 fully saturated rings. The summed E-state index contributed by atoms with van der Waals surface area (Å²) < 4.78 is 32.5. The molecule has 12 heavy (non-hydrogen) atoms. The molecule has 0 aromatic rings. The van der Waals surface area contributed by atoms with Crippen molar-refractivity contribution >= 4 is 5.71 Å². The molecule has 0 saturated heterocycles. The van der Waals surface area contributed by atoms with Crippen LogP contribution in [-0.4, -0.2) is 37.9 Å². The van der Waals surface area contributed by atoms with Crippen molar-refractivity contribution in [3.8, 4) is 0 Å². The molecule has 0 amide bonds. The molecule has 0 saturated carbocycles. The fraction of sp³-hybridized carbons (Fsp3) is 0.833. The molecule has 1 rings (SSSR count). The van der Waals surface area contributed by atoms with Gasteiger partial charge in [0.1, 0.15) is 19.3 Å². The Labute approximate surface area is 73.3 Å². The summed E-state index contributed by atoms with van der Waals surface area (Å²) in [6, 6.07) is 0. The average Bonchev–Trinajstić information content (AvgIpc) is 2.12. The first-order chi connectivity index (χ1) is 5.30. The summed E-state index contributed by atoms with van der Waals surface area (Å²) in [5.74, 6) is 0. The van der Waals surface area contributed by atoms with Gasteiger partial charge in [0.2, 0.25) is 0 Å². The fourth-order valence-corrected chi connectivity index (χ4v) is 0.954. The molecule has 0 unspecified atom stereocenters. The van der Waals surface area contributed by atoms with Gasteiger partial charge in [0.05, 0.1) is 0 Å². The quantitative estimate of drug-likeness (QED) is 0.396. The van der Waals surface area contributed by atoms with Gasteiger partial charge in [-0.25, -0.2) is 4.58 Å². The molecular weight excluding hydrogens is 186 g/mol. The van der Waals surface area contributed by atoms with Crippen molar-refractivity contribution < 1.29 is 33.5 Å². The van der Waals surface area contributed by atoms with Crippen molar-refractivity contribution in [1.29, 1.82) is 0 Å². The molecule has 3 N–H and O–H groups in total. The number of hydrogen-bond acceptors (Lipinski definition) is 4. The van der Waals surface area contributed by atoms with Gasteiger partial charge in [-0.2, -0.15) is 0 Å².